The van der Waals surface area contributed by atoms with E-state index in [4.69, 9.17) is 14.5 Å². The van der Waals surface area contributed by atoms with Crippen LogP contribution in [0.25, 0.3) is 33.3 Å². The number of imidazole rings is 1. The van der Waals surface area contributed by atoms with E-state index >= 15 is 0 Å². The topological polar surface area (TPSA) is 58.3 Å². The summed E-state index contributed by atoms with van der Waals surface area (Å²) in [6.45, 7) is 0. The SMILES string of the molecule is COc1ccc(C(=O)n2c(-c3cn(C)c4ccccc34)nc3ccccc32)cc1OC. The van der Waals surface area contributed by atoms with Crippen LogP contribution >= 0.6 is 0 Å². The van der Waals surface area contributed by atoms with E-state index in [0.29, 0.717) is 22.9 Å². The summed E-state index contributed by atoms with van der Waals surface area (Å²) < 4.78 is 14.4. The monoisotopic (exact) mass is 411 g/mol. The molecule has 31 heavy (non-hydrogen) atoms. The van der Waals surface area contributed by atoms with E-state index < -0.39 is 0 Å². The maximum Gasteiger partial charge on any atom is 0.264 e. The number of carbonyl (C=O) groups excluding carboxylic acids is 1. The first kappa shape index (κ1) is 18.9. The number of para-hydroxylation sites is 3. The molecule has 0 saturated carbocycles. The number of aryl methyl sites for hydroxylation is 1. The van der Waals surface area contributed by atoms with Crippen molar-refractivity contribution in [3.05, 3.63) is 78.5 Å². The van der Waals surface area contributed by atoms with Gasteiger partial charge in [-0.15, -0.1) is 0 Å². The molecule has 0 aliphatic heterocycles. The van der Waals surface area contributed by atoms with E-state index in [2.05, 4.69) is 16.7 Å². The van der Waals surface area contributed by atoms with Gasteiger partial charge in [0.2, 0.25) is 0 Å². The lowest BCUT2D eigenvalue weighted by molar-refractivity contribution is 0.0966. The molecule has 5 aromatic rings. The number of methoxy groups -OCH3 is 2. The molecule has 3 aromatic carbocycles. The van der Waals surface area contributed by atoms with Crippen molar-refractivity contribution in [1.82, 2.24) is 14.1 Å². The first-order valence-electron chi connectivity index (χ1n) is 9.91. The van der Waals surface area contributed by atoms with Gasteiger partial charge in [-0.25, -0.2) is 4.98 Å². The lowest BCUT2D eigenvalue weighted by Gasteiger charge is -2.11. The molecule has 0 aliphatic carbocycles. The highest BCUT2D eigenvalue weighted by Crippen LogP contribution is 2.34. The Hall–Kier alpha value is -4.06. The predicted octanol–water partition coefficient (Wildman–Crippen LogP) is 4.90. The molecule has 0 spiro atoms. The molecule has 6 heteroatoms. The van der Waals surface area contributed by atoms with E-state index in [1.165, 1.54) is 0 Å². The summed E-state index contributed by atoms with van der Waals surface area (Å²) in [5.41, 5.74) is 3.99. The van der Waals surface area contributed by atoms with Gasteiger partial charge in [-0.2, -0.15) is 0 Å². The minimum Gasteiger partial charge on any atom is -0.493 e. The number of carbonyl (C=O) groups is 1. The molecule has 0 radical (unpaired) electrons. The van der Waals surface area contributed by atoms with Gasteiger partial charge in [0, 0.05) is 35.3 Å². The van der Waals surface area contributed by atoms with Crippen LogP contribution in [0.4, 0.5) is 0 Å². The molecule has 0 bridgehead atoms. The Morgan fingerprint density at radius 1 is 0.871 bits per heavy atom. The third-order valence-corrected chi connectivity index (χ3v) is 5.53. The number of aromatic nitrogens is 3. The molecule has 0 N–H and O–H groups in total. The van der Waals surface area contributed by atoms with Crippen LogP contribution in [0.2, 0.25) is 0 Å². The van der Waals surface area contributed by atoms with Crippen molar-refractivity contribution in [1.29, 1.82) is 0 Å². The lowest BCUT2D eigenvalue weighted by Crippen LogP contribution is -2.13. The van der Waals surface area contributed by atoms with Crippen LogP contribution < -0.4 is 9.47 Å². The van der Waals surface area contributed by atoms with Crippen molar-refractivity contribution in [2.75, 3.05) is 14.2 Å². The highest BCUT2D eigenvalue weighted by atomic mass is 16.5. The van der Waals surface area contributed by atoms with Gasteiger partial charge < -0.3 is 14.0 Å². The predicted molar refractivity (Wildman–Crippen MR) is 121 cm³/mol. The van der Waals surface area contributed by atoms with E-state index in [9.17, 15) is 4.79 Å². The molecule has 0 amide bonds. The molecule has 2 aromatic heterocycles. The van der Waals surface area contributed by atoms with Crippen LogP contribution in [0, 0.1) is 0 Å². The smallest absolute Gasteiger partial charge is 0.264 e. The minimum atomic E-state index is -0.183. The Balaban J connectivity index is 1.77. The van der Waals surface area contributed by atoms with Crippen molar-refractivity contribution in [2.45, 2.75) is 0 Å². The summed E-state index contributed by atoms with van der Waals surface area (Å²) >= 11 is 0. The van der Waals surface area contributed by atoms with Crippen LogP contribution in [0.5, 0.6) is 11.5 Å². The van der Waals surface area contributed by atoms with Gasteiger partial charge >= 0.3 is 0 Å². The normalized spacial score (nSPS) is 11.2. The van der Waals surface area contributed by atoms with Gasteiger partial charge in [-0.05, 0) is 36.4 Å². The first-order chi connectivity index (χ1) is 15.1. The fourth-order valence-electron chi connectivity index (χ4n) is 4.03. The maximum atomic E-state index is 13.7. The maximum absolute atomic E-state index is 13.7. The molecular weight excluding hydrogens is 390 g/mol. The van der Waals surface area contributed by atoms with Crippen molar-refractivity contribution in [2.24, 2.45) is 7.05 Å². The Morgan fingerprint density at radius 2 is 1.58 bits per heavy atom. The molecule has 0 aliphatic rings. The van der Waals surface area contributed by atoms with Gasteiger partial charge in [-0.3, -0.25) is 9.36 Å². The molecule has 0 fully saturated rings. The second-order valence-corrected chi connectivity index (χ2v) is 7.31. The highest BCUT2D eigenvalue weighted by Gasteiger charge is 2.23. The van der Waals surface area contributed by atoms with Gasteiger partial charge in [0.05, 0.1) is 25.3 Å². The van der Waals surface area contributed by atoms with Crippen LogP contribution in [-0.2, 0) is 7.05 Å². The van der Waals surface area contributed by atoms with Gasteiger partial charge in [0.15, 0.2) is 11.5 Å². The third-order valence-electron chi connectivity index (χ3n) is 5.53. The summed E-state index contributed by atoms with van der Waals surface area (Å²) in [7, 11) is 5.12. The molecule has 0 saturated heterocycles. The van der Waals surface area contributed by atoms with E-state index in [0.717, 1.165) is 27.5 Å². The summed E-state index contributed by atoms with van der Waals surface area (Å²) in [6, 6.07) is 21.0. The summed E-state index contributed by atoms with van der Waals surface area (Å²) in [5.74, 6) is 1.50. The summed E-state index contributed by atoms with van der Waals surface area (Å²) in [4.78, 5) is 18.6. The van der Waals surface area contributed by atoms with Crippen LogP contribution in [0.1, 0.15) is 10.4 Å². The summed E-state index contributed by atoms with van der Waals surface area (Å²) in [5, 5.41) is 1.04. The molecule has 0 unspecified atom stereocenters. The fraction of sp³-hybridized carbons (Fsp3) is 0.120. The molecule has 0 atom stereocenters. The zero-order valence-electron chi connectivity index (χ0n) is 17.5. The van der Waals surface area contributed by atoms with Crippen molar-refractivity contribution < 1.29 is 14.3 Å². The largest absolute Gasteiger partial charge is 0.493 e. The number of ether oxygens (including phenoxy) is 2. The molecule has 2 heterocycles. The highest BCUT2D eigenvalue weighted by molar-refractivity contribution is 6.06. The average molecular weight is 411 g/mol. The quantitative estimate of drug-likeness (QED) is 0.422. The number of benzene rings is 3. The Kier molecular flexibility index (Phi) is 4.47. The van der Waals surface area contributed by atoms with E-state index in [-0.39, 0.29) is 5.91 Å². The molecule has 6 nitrogen and oxygen atoms in total. The van der Waals surface area contributed by atoms with Crippen LogP contribution in [-0.4, -0.2) is 34.2 Å². The fourth-order valence-corrected chi connectivity index (χ4v) is 4.03. The van der Waals surface area contributed by atoms with Crippen LogP contribution in [0.15, 0.2) is 72.9 Å². The Labute approximate surface area is 179 Å². The molecule has 154 valence electrons. The lowest BCUT2D eigenvalue weighted by atomic mass is 10.1. The first-order valence-corrected chi connectivity index (χ1v) is 9.91. The zero-order valence-corrected chi connectivity index (χ0v) is 17.5. The average Bonchev–Trinajstić information content (AvgIpc) is 3.36. The van der Waals surface area contributed by atoms with E-state index in [1.807, 2.05) is 49.6 Å². The molecular formula is C25H21N3O3. The Morgan fingerprint density at radius 3 is 2.35 bits per heavy atom. The van der Waals surface area contributed by atoms with E-state index in [1.54, 1.807) is 37.0 Å². The summed E-state index contributed by atoms with van der Waals surface area (Å²) in [6.07, 6.45) is 2.02. The Bertz CT molecular complexity index is 1450. The second kappa shape index (κ2) is 7.32. The van der Waals surface area contributed by atoms with Gasteiger partial charge in [-0.1, -0.05) is 30.3 Å². The third kappa shape index (κ3) is 2.95. The number of hydrogen-bond acceptors (Lipinski definition) is 4. The van der Waals surface area contributed by atoms with Crippen molar-refractivity contribution in [3.8, 4) is 22.9 Å². The van der Waals surface area contributed by atoms with Gasteiger partial charge in [0.25, 0.3) is 5.91 Å². The number of fused-ring (bicyclic) bond motifs is 2. The minimum absolute atomic E-state index is 0.183. The van der Waals surface area contributed by atoms with Crippen molar-refractivity contribution >= 4 is 27.8 Å². The van der Waals surface area contributed by atoms with Gasteiger partial charge in [0.1, 0.15) is 5.82 Å². The zero-order chi connectivity index (χ0) is 21.5. The van der Waals surface area contributed by atoms with Crippen LogP contribution in [0.3, 0.4) is 0 Å². The van der Waals surface area contributed by atoms with Crippen molar-refractivity contribution in [3.63, 3.8) is 0 Å². The number of hydrogen-bond donors (Lipinski definition) is 0. The second-order valence-electron chi connectivity index (χ2n) is 7.31. The molecule has 5 rings (SSSR count). The standard InChI is InChI=1S/C25H21N3O3/c1-27-15-18(17-8-4-6-10-20(17)27)24-26-19-9-5-7-11-21(19)28(24)25(29)16-12-13-22(30-2)23(14-16)31-3/h4-15H,1-3H3. The number of nitrogens with zero attached hydrogens (tertiary/aromatic N) is 3. The number of rotatable bonds is 4.